The Hall–Kier alpha value is -1.26. The van der Waals surface area contributed by atoms with E-state index in [4.69, 9.17) is 9.47 Å². The van der Waals surface area contributed by atoms with Crippen LogP contribution in [-0.2, 0) is 14.3 Å². The molecular formula is C20H37NO4. The van der Waals surface area contributed by atoms with Gasteiger partial charge in [0.2, 0.25) is 0 Å². The van der Waals surface area contributed by atoms with Crippen LogP contribution < -0.4 is 0 Å². The van der Waals surface area contributed by atoms with Gasteiger partial charge < -0.3 is 9.47 Å². The van der Waals surface area contributed by atoms with Gasteiger partial charge in [-0.15, -0.1) is 0 Å². The Labute approximate surface area is 153 Å². The molecule has 1 saturated heterocycles. The number of hydrogen-bond acceptors (Lipinski definition) is 4. The number of ether oxygens (including phenoxy) is 2. The van der Waals surface area contributed by atoms with Gasteiger partial charge >= 0.3 is 12.1 Å². The highest BCUT2D eigenvalue weighted by atomic mass is 16.6. The second-order valence-electron chi connectivity index (χ2n) is 7.90. The molecule has 5 heteroatoms. The minimum absolute atomic E-state index is 0.323. The Morgan fingerprint density at radius 3 is 2.08 bits per heavy atom. The molecule has 1 heterocycles. The smallest absolute Gasteiger partial charge is 0.411 e. The van der Waals surface area contributed by atoms with Crippen molar-refractivity contribution < 1.29 is 19.1 Å². The number of nitrogens with zero attached hydrogens (tertiary/aromatic N) is 1. The molecule has 2 aliphatic rings. The molecule has 146 valence electrons. The van der Waals surface area contributed by atoms with E-state index < -0.39 is 17.7 Å². The van der Waals surface area contributed by atoms with Gasteiger partial charge in [0.25, 0.3) is 0 Å². The van der Waals surface area contributed by atoms with Gasteiger partial charge in [-0.3, -0.25) is 4.90 Å². The van der Waals surface area contributed by atoms with E-state index in [0.717, 1.165) is 6.42 Å². The summed E-state index contributed by atoms with van der Waals surface area (Å²) in [6, 6.07) is -0.504. The fraction of sp³-hybridized carbons (Fsp3) is 0.900. The van der Waals surface area contributed by atoms with E-state index >= 15 is 0 Å². The molecule has 1 aliphatic heterocycles. The summed E-state index contributed by atoms with van der Waals surface area (Å²) < 4.78 is 10.4. The summed E-state index contributed by atoms with van der Waals surface area (Å²) in [6.07, 6.45) is 7.67. The molecule has 5 nitrogen and oxygen atoms in total. The van der Waals surface area contributed by atoms with E-state index in [-0.39, 0.29) is 5.97 Å². The van der Waals surface area contributed by atoms with Crippen molar-refractivity contribution in [2.45, 2.75) is 91.2 Å². The minimum Gasteiger partial charge on any atom is -0.467 e. The van der Waals surface area contributed by atoms with E-state index in [1.54, 1.807) is 4.90 Å². The number of rotatable bonds is 2. The van der Waals surface area contributed by atoms with Crippen LogP contribution in [0.5, 0.6) is 0 Å². The third-order valence-electron chi connectivity index (χ3n) is 5.06. The number of carbonyl (C=O) groups is 2. The zero-order valence-electron chi connectivity index (χ0n) is 17.0. The highest BCUT2D eigenvalue weighted by Crippen LogP contribution is 2.38. The summed E-state index contributed by atoms with van der Waals surface area (Å²) in [4.78, 5) is 26.2. The number of esters is 1. The lowest BCUT2D eigenvalue weighted by atomic mass is 9.74. The van der Waals surface area contributed by atoms with Crippen LogP contribution >= 0.6 is 0 Å². The fourth-order valence-electron chi connectivity index (χ4n) is 3.92. The second-order valence-corrected chi connectivity index (χ2v) is 7.90. The van der Waals surface area contributed by atoms with Crippen LogP contribution in [0.2, 0.25) is 0 Å². The van der Waals surface area contributed by atoms with Crippen molar-refractivity contribution in [1.82, 2.24) is 4.90 Å². The van der Waals surface area contributed by atoms with E-state index in [9.17, 15) is 9.59 Å². The molecule has 1 amide bonds. The molecule has 0 aromatic rings. The van der Waals surface area contributed by atoms with Gasteiger partial charge in [0, 0.05) is 6.54 Å². The molecule has 2 rings (SSSR count). The van der Waals surface area contributed by atoms with E-state index in [1.165, 1.54) is 39.2 Å². The molecule has 0 N–H and O–H groups in total. The number of carbonyl (C=O) groups excluding carboxylic acids is 2. The van der Waals surface area contributed by atoms with Crippen molar-refractivity contribution in [3.8, 4) is 0 Å². The zero-order chi connectivity index (χ0) is 19.0. The van der Waals surface area contributed by atoms with E-state index in [0.29, 0.717) is 24.8 Å². The maximum Gasteiger partial charge on any atom is 0.411 e. The van der Waals surface area contributed by atoms with Crippen molar-refractivity contribution >= 4 is 12.1 Å². The number of methoxy groups -OCH3 is 1. The molecule has 25 heavy (non-hydrogen) atoms. The first kappa shape index (κ1) is 21.8. The summed E-state index contributed by atoms with van der Waals surface area (Å²) >= 11 is 0. The molecule has 2 fully saturated rings. The molecule has 1 aliphatic carbocycles. The average molecular weight is 356 g/mol. The maximum absolute atomic E-state index is 12.4. The first-order valence-electron chi connectivity index (χ1n) is 9.89. The molecule has 2 atom stereocenters. The second kappa shape index (κ2) is 10.0. The zero-order valence-corrected chi connectivity index (χ0v) is 17.0. The molecule has 0 radical (unpaired) electrons. The van der Waals surface area contributed by atoms with E-state index in [2.05, 4.69) is 0 Å². The van der Waals surface area contributed by atoms with Crippen LogP contribution in [0.15, 0.2) is 0 Å². The van der Waals surface area contributed by atoms with Crippen molar-refractivity contribution in [1.29, 1.82) is 0 Å². The van der Waals surface area contributed by atoms with Crippen molar-refractivity contribution in [3.63, 3.8) is 0 Å². The quantitative estimate of drug-likeness (QED) is 0.669. The maximum atomic E-state index is 12.4. The van der Waals surface area contributed by atoms with Crippen LogP contribution in [0.25, 0.3) is 0 Å². The summed E-state index contributed by atoms with van der Waals surface area (Å²) in [5, 5.41) is 0. The lowest BCUT2D eigenvalue weighted by Gasteiger charge is -2.41. The SMILES string of the molecule is CC.COC(=O)C1CC(C2CCCCC2)CCN1C(=O)OC(C)(C)C. The molecule has 1 saturated carbocycles. The van der Waals surface area contributed by atoms with Crippen LogP contribution in [0.1, 0.15) is 79.6 Å². The Bertz CT molecular complexity index is 424. The fourth-order valence-corrected chi connectivity index (χ4v) is 3.92. The topological polar surface area (TPSA) is 55.8 Å². The van der Waals surface area contributed by atoms with Gasteiger partial charge in [-0.25, -0.2) is 9.59 Å². The largest absolute Gasteiger partial charge is 0.467 e. The summed E-state index contributed by atoms with van der Waals surface area (Å²) in [5.41, 5.74) is -0.558. The van der Waals surface area contributed by atoms with Gasteiger partial charge in [0.1, 0.15) is 11.6 Å². The first-order valence-corrected chi connectivity index (χ1v) is 9.89. The minimum atomic E-state index is -0.558. The predicted octanol–water partition coefficient (Wildman–Crippen LogP) is 4.78. The highest BCUT2D eigenvalue weighted by Gasteiger charge is 2.41. The third-order valence-corrected chi connectivity index (χ3v) is 5.06. The number of hydrogen-bond donors (Lipinski definition) is 0. The average Bonchev–Trinajstić information content (AvgIpc) is 2.61. The normalized spacial score (nSPS) is 24.8. The Morgan fingerprint density at radius 2 is 1.56 bits per heavy atom. The first-order chi connectivity index (χ1) is 11.8. The molecule has 2 unspecified atom stereocenters. The summed E-state index contributed by atoms with van der Waals surface area (Å²) in [6.45, 7) is 10.1. The molecule has 0 spiro atoms. The lowest BCUT2D eigenvalue weighted by Crippen LogP contribution is -2.52. The van der Waals surface area contributed by atoms with Crippen LogP contribution in [0.4, 0.5) is 4.79 Å². The predicted molar refractivity (Wildman–Crippen MR) is 99.4 cm³/mol. The Kier molecular flexibility index (Phi) is 8.74. The van der Waals surface area contributed by atoms with Crippen molar-refractivity contribution in [2.75, 3.05) is 13.7 Å². The highest BCUT2D eigenvalue weighted by molar-refractivity contribution is 5.81. The molecular weight excluding hydrogens is 318 g/mol. The van der Waals surface area contributed by atoms with Gasteiger partial charge in [-0.2, -0.15) is 0 Å². The van der Waals surface area contributed by atoms with Crippen LogP contribution in [0.3, 0.4) is 0 Å². The summed E-state index contributed by atoms with van der Waals surface area (Å²) in [7, 11) is 1.39. The Morgan fingerprint density at radius 1 is 0.960 bits per heavy atom. The van der Waals surface area contributed by atoms with Crippen molar-refractivity contribution in [2.24, 2.45) is 11.8 Å². The lowest BCUT2D eigenvalue weighted by molar-refractivity contribution is -0.149. The van der Waals surface area contributed by atoms with Crippen molar-refractivity contribution in [3.05, 3.63) is 0 Å². The number of amides is 1. The molecule has 0 bridgehead atoms. The number of piperidine rings is 1. The molecule has 0 aromatic carbocycles. The standard InChI is InChI=1S/C18H31NO4.C2H6/c1-18(2,3)23-17(21)19-11-10-14(12-15(19)16(20)22-4)13-8-6-5-7-9-13;1-2/h13-15H,5-12H2,1-4H3;1-2H3. The van der Waals surface area contributed by atoms with E-state index in [1.807, 2.05) is 34.6 Å². The summed E-state index contributed by atoms with van der Waals surface area (Å²) in [5.74, 6) is 0.881. The Balaban J connectivity index is 0.00000151. The number of likely N-dealkylation sites (tertiary alicyclic amines) is 1. The van der Waals surface area contributed by atoms with Gasteiger partial charge in [0.15, 0.2) is 0 Å². The molecule has 0 aromatic heterocycles. The van der Waals surface area contributed by atoms with Crippen LogP contribution in [0, 0.1) is 11.8 Å². The van der Waals surface area contributed by atoms with Crippen LogP contribution in [-0.4, -0.2) is 42.3 Å². The van der Waals surface area contributed by atoms with Gasteiger partial charge in [-0.1, -0.05) is 46.0 Å². The third kappa shape index (κ3) is 6.52. The monoisotopic (exact) mass is 355 g/mol. The van der Waals surface area contributed by atoms with Gasteiger partial charge in [0.05, 0.1) is 7.11 Å². The van der Waals surface area contributed by atoms with Gasteiger partial charge in [-0.05, 0) is 45.4 Å².